The highest BCUT2D eigenvalue weighted by Gasteiger charge is 2.56. The van der Waals surface area contributed by atoms with Gasteiger partial charge in [-0.15, -0.1) is 4.31 Å². The fraction of sp³-hybridized carbons (Fsp3) is 0.588. The molecule has 1 amide bonds. The third kappa shape index (κ3) is 7.51. The Labute approximate surface area is 282 Å². The molecule has 47 heavy (non-hydrogen) atoms. The smallest absolute Gasteiger partial charge is 0.407 e. The van der Waals surface area contributed by atoms with Crippen LogP contribution in [-0.2, 0) is 32.0 Å². The Morgan fingerprint density at radius 2 is 1.94 bits per heavy atom. The highest BCUT2D eigenvalue weighted by Crippen LogP contribution is 2.49. The molecule has 2 bridgehead atoms. The van der Waals surface area contributed by atoms with Gasteiger partial charge in [-0.05, 0) is 61.4 Å². The Balaban J connectivity index is 1.07. The summed E-state index contributed by atoms with van der Waals surface area (Å²) in [6, 6.07) is 13.0. The van der Waals surface area contributed by atoms with Crippen molar-refractivity contribution in [3.05, 3.63) is 48.0 Å². The standard InChI is InChI=1S/C34H44N4O7S2/c1-19(2)15-38(47(41)24-10-11-27-30(14-24)46-33(36-27)35-22-6-7-22)16-29(39)28(12-20-4-8-23(42-3)9-5-20)37-34(40)45-31-21-13-25-26(31)18-44-32(25)43-17-21/h4-5,8-11,14,19,21-22,25-26,28-29,31-32,39H,6-7,12-13,15-18H2,1-3H3,(H,35,36)(H,37,40)/t21?,25?,26?,28-,29+,31?,32?,47?/m0/s1. The summed E-state index contributed by atoms with van der Waals surface area (Å²) < 4.78 is 39.8. The minimum absolute atomic E-state index is 0.0845. The molecular weight excluding hydrogens is 641 g/mol. The Morgan fingerprint density at radius 3 is 2.68 bits per heavy atom. The first-order chi connectivity index (χ1) is 22.7. The van der Waals surface area contributed by atoms with Gasteiger partial charge in [-0.3, -0.25) is 0 Å². The fourth-order valence-corrected chi connectivity index (χ4v) is 9.52. The van der Waals surface area contributed by atoms with Crippen LogP contribution in [-0.4, -0.2) is 89.0 Å². The molecule has 4 fully saturated rings. The van der Waals surface area contributed by atoms with Gasteiger partial charge < -0.3 is 39.2 Å². The SMILES string of the molecule is COc1ccc(C[C@H](NC(=O)OC2C3COC4OCC2C4C3)[C@H](O)CN(CC(C)C)[S+]([O-])c2ccc3nc(NC4CC4)sc3c2)cc1. The van der Waals surface area contributed by atoms with E-state index in [9.17, 15) is 14.5 Å². The predicted molar refractivity (Wildman–Crippen MR) is 180 cm³/mol. The first kappa shape index (κ1) is 32.9. The molecule has 2 aromatic carbocycles. The minimum Gasteiger partial charge on any atom is -0.593 e. The van der Waals surface area contributed by atoms with Crippen LogP contribution in [0.25, 0.3) is 10.2 Å². The molecule has 2 saturated carbocycles. The first-order valence-corrected chi connectivity index (χ1v) is 18.5. The maximum absolute atomic E-state index is 14.1. The van der Waals surface area contributed by atoms with E-state index in [1.165, 1.54) is 0 Å². The van der Waals surface area contributed by atoms with Gasteiger partial charge in [0.15, 0.2) is 16.3 Å². The number of carbonyl (C=O) groups excluding carboxylic acids is 1. The van der Waals surface area contributed by atoms with Gasteiger partial charge in [0.05, 0.1) is 60.6 Å². The highest BCUT2D eigenvalue weighted by molar-refractivity contribution is 7.89. The van der Waals surface area contributed by atoms with Gasteiger partial charge in [0, 0.05) is 36.4 Å². The third-order valence-corrected chi connectivity index (χ3v) is 11.9. The summed E-state index contributed by atoms with van der Waals surface area (Å²) in [4.78, 5) is 18.8. The molecule has 0 spiro atoms. The Hall–Kier alpha value is -2.65. The van der Waals surface area contributed by atoms with Crippen LogP contribution in [0.15, 0.2) is 47.4 Å². The maximum atomic E-state index is 14.1. The number of thiazole rings is 1. The zero-order valence-corrected chi connectivity index (χ0v) is 28.6. The lowest BCUT2D eigenvalue weighted by molar-refractivity contribution is -0.169. The molecule has 13 heteroatoms. The van der Waals surface area contributed by atoms with Crippen LogP contribution in [0, 0.1) is 23.7 Å². The van der Waals surface area contributed by atoms with E-state index in [2.05, 4.69) is 29.5 Å². The molecule has 4 aliphatic rings. The summed E-state index contributed by atoms with van der Waals surface area (Å²) in [7, 11) is 1.61. The van der Waals surface area contributed by atoms with E-state index < -0.39 is 29.6 Å². The average Bonchev–Trinajstić information content (AvgIpc) is 3.51. The Bertz CT molecular complexity index is 1540. The molecule has 0 radical (unpaired) electrons. The number of hydrogen-bond acceptors (Lipinski definition) is 11. The van der Waals surface area contributed by atoms with Crippen LogP contribution in [0.5, 0.6) is 5.75 Å². The largest absolute Gasteiger partial charge is 0.593 e. The predicted octanol–water partition coefficient (Wildman–Crippen LogP) is 4.57. The van der Waals surface area contributed by atoms with Gasteiger partial charge in [0.1, 0.15) is 11.9 Å². The van der Waals surface area contributed by atoms with Crippen molar-refractivity contribution in [2.75, 3.05) is 38.7 Å². The normalized spacial score (nSPS) is 26.8. The lowest BCUT2D eigenvalue weighted by Crippen LogP contribution is -2.52. The summed E-state index contributed by atoms with van der Waals surface area (Å²) in [6.45, 7) is 5.72. The second kappa shape index (κ2) is 14.1. The molecule has 1 aromatic heterocycles. The van der Waals surface area contributed by atoms with Gasteiger partial charge in [0.2, 0.25) is 0 Å². The average molecular weight is 685 g/mol. The van der Waals surface area contributed by atoms with Crippen LogP contribution >= 0.6 is 11.3 Å². The van der Waals surface area contributed by atoms with E-state index in [1.807, 2.05) is 42.5 Å². The summed E-state index contributed by atoms with van der Waals surface area (Å²) in [5, 5.41) is 19.1. The van der Waals surface area contributed by atoms with Crippen molar-refractivity contribution in [1.29, 1.82) is 0 Å². The van der Waals surface area contributed by atoms with Crippen LogP contribution in [0.3, 0.4) is 0 Å². The zero-order chi connectivity index (χ0) is 32.7. The summed E-state index contributed by atoms with van der Waals surface area (Å²) >= 11 is 0.0123. The minimum atomic E-state index is -1.55. The number of ether oxygens (including phenoxy) is 4. The zero-order valence-electron chi connectivity index (χ0n) is 27.0. The number of nitrogens with zero attached hydrogens (tertiary/aromatic N) is 2. The Morgan fingerprint density at radius 1 is 1.15 bits per heavy atom. The molecule has 7 rings (SSSR count). The lowest BCUT2D eigenvalue weighted by Gasteiger charge is -2.32. The number of carbonyl (C=O) groups is 1. The van der Waals surface area contributed by atoms with Gasteiger partial charge in [0.25, 0.3) is 0 Å². The van der Waals surface area contributed by atoms with Gasteiger partial charge >= 0.3 is 6.09 Å². The molecule has 2 aliphatic heterocycles. The van der Waals surface area contributed by atoms with Crippen LogP contribution < -0.4 is 15.4 Å². The van der Waals surface area contributed by atoms with Crippen molar-refractivity contribution in [1.82, 2.24) is 14.6 Å². The number of aliphatic hydroxyl groups excluding tert-OH is 1. The molecule has 6 unspecified atom stereocenters. The topological polar surface area (TPSA) is 137 Å². The molecular formula is C34H44N4O7S2. The molecule has 3 N–H and O–H groups in total. The Kier molecular flexibility index (Phi) is 9.84. The lowest BCUT2D eigenvalue weighted by atomic mass is 9.98. The molecule has 254 valence electrons. The molecule has 8 atom stereocenters. The van der Waals surface area contributed by atoms with Crippen LogP contribution in [0.1, 0.15) is 38.7 Å². The van der Waals surface area contributed by atoms with Crippen molar-refractivity contribution < 1.29 is 33.4 Å². The number of methoxy groups -OCH3 is 1. The fourth-order valence-electron chi connectivity index (χ4n) is 7.04. The molecule has 2 saturated heterocycles. The van der Waals surface area contributed by atoms with E-state index in [0.29, 0.717) is 37.1 Å². The number of aliphatic hydroxyl groups is 1. The number of fused-ring (bicyclic) bond motifs is 2. The molecule has 11 nitrogen and oxygen atoms in total. The number of amides is 1. The highest BCUT2D eigenvalue weighted by atomic mass is 32.2. The number of anilines is 1. The second-order valence-electron chi connectivity index (χ2n) is 13.7. The number of nitrogens with one attached hydrogen (secondary N) is 2. The second-order valence-corrected chi connectivity index (χ2v) is 16.2. The van der Waals surface area contributed by atoms with E-state index in [1.54, 1.807) is 22.8 Å². The van der Waals surface area contributed by atoms with Crippen molar-refractivity contribution in [2.45, 2.75) is 75.0 Å². The monoisotopic (exact) mass is 684 g/mol. The number of hydrogen-bond donors (Lipinski definition) is 3. The summed E-state index contributed by atoms with van der Waals surface area (Å²) in [6.07, 6.45) is 1.48. The number of aromatic nitrogens is 1. The third-order valence-electron chi connectivity index (χ3n) is 9.57. The molecule has 2 aliphatic carbocycles. The van der Waals surface area contributed by atoms with Gasteiger partial charge in [-0.2, -0.15) is 0 Å². The van der Waals surface area contributed by atoms with E-state index >= 15 is 0 Å². The number of alkyl carbamates (subject to hydrolysis) is 1. The first-order valence-electron chi connectivity index (χ1n) is 16.6. The summed E-state index contributed by atoms with van der Waals surface area (Å²) in [5.41, 5.74) is 1.78. The van der Waals surface area contributed by atoms with Gasteiger partial charge in [-0.1, -0.05) is 37.3 Å². The van der Waals surface area contributed by atoms with E-state index in [-0.39, 0.29) is 42.6 Å². The van der Waals surface area contributed by atoms with Crippen molar-refractivity contribution >= 4 is 44.1 Å². The molecule has 3 heterocycles. The van der Waals surface area contributed by atoms with Crippen molar-refractivity contribution in [3.63, 3.8) is 0 Å². The van der Waals surface area contributed by atoms with E-state index in [4.69, 9.17) is 18.9 Å². The maximum Gasteiger partial charge on any atom is 0.407 e. The van der Waals surface area contributed by atoms with Crippen LogP contribution in [0.2, 0.25) is 0 Å². The summed E-state index contributed by atoms with van der Waals surface area (Å²) in [5.74, 6) is 1.41. The quantitative estimate of drug-likeness (QED) is 0.207. The van der Waals surface area contributed by atoms with E-state index in [0.717, 1.165) is 45.9 Å². The number of rotatable bonds is 14. The van der Waals surface area contributed by atoms with Crippen molar-refractivity contribution in [3.8, 4) is 5.75 Å². The molecule has 3 aromatic rings. The van der Waals surface area contributed by atoms with Crippen molar-refractivity contribution in [2.24, 2.45) is 23.7 Å². The number of benzene rings is 2. The van der Waals surface area contributed by atoms with Crippen LogP contribution in [0.4, 0.5) is 9.93 Å². The van der Waals surface area contributed by atoms with Gasteiger partial charge in [-0.25, -0.2) is 9.78 Å².